The molecule has 1 aromatic carbocycles. The van der Waals surface area contributed by atoms with E-state index < -0.39 is 17.7 Å². The number of methoxy groups -OCH3 is 1. The van der Waals surface area contributed by atoms with Crippen molar-refractivity contribution in [3.63, 3.8) is 0 Å². The Hall–Kier alpha value is -3.06. The second-order valence-electron chi connectivity index (χ2n) is 8.78. The van der Waals surface area contributed by atoms with Crippen LogP contribution in [0.25, 0.3) is 4.96 Å². The average Bonchev–Trinajstić information content (AvgIpc) is 3.45. The molecule has 0 bridgehead atoms. The Morgan fingerprint density at radius 1 is 1.22 bits per heavy atom. The van der Waals surface area contributed by atoms with Gasteiger partial charge in [-0.15, -0.1) is 21.5 Å². The van der Waals surface area contributed by atoms with Crippen LogP contribution < -0.4 is 11.1 Å². The van der Waals surface area contributed by atoms with Crippen LogP contribution in [0.3, 0.4) is 0 Å². The van der Waals surface area contributed by atoms with E-state index in [9.17, 15) is 9.59 Å². The van der Waals surface area contributed by atoms with Crippen LogP contribution in [-0.2, 0) is 32.2 Å². The largest absolute Gasteiger partial charge is 0.443 e. The number of hydrogen-bond donors (Lipinski definition) is 2. The molecule has 0 spiro atoms. The number of nitrogens with two attached hydrogens (primary N) is 1. The predicted octanol–water partition coefficient (Wildman–Crippen LogP) is 2.51. The molecule has 196 valence electrons. The Labute approximate surface area is 214 Å². The maximum Gasteiger partial charge on any atom is 0.410 e. The van der Waals surface area contributed by atoms with Crippen LogP contribution in [-0.4, -0.2) is 70.5 Å². The van der Waals surface area contributed by atoms with Gasteiger partial charge in [0.1, 0.15) is 12.6 Å². The highest BCUT2D eigenvalue weighted by molar-refractivity contribution is 7.15. The predicted molar refractivity (Wildman–Crippen MR) is 135 cm³/mol. The van der Waals surface area contributed by atoms with E-state index in [0.29, 0.717) is 42.8 Å². The minimum Gasteiger partial charge on any atom is -0.443 e. The van der Waals surface area contributed by atoms with Crippen LogP contribution in [0.15, 0.2) is 35.7 Å². The van der Waals surface area contributed by atoms with Gasteiger partial charge in [0, 0.05) is 25.6 Å². The molecule has 1 atom stereocenters. The lowest BCUT2D eigenvalue weighted by molar-refractivity contribution is -0.126. The number of carbonyl (C=O) groups excluding carboxylic acids is 2. The van der Waals surface area contributed by atoms with Gasteiger partial charge >= 0.3 is 6.09 Å². The van der Waals surface area contributed by atoms with Gasteiger partial charge in [-0.1, -0.05) is 30.3 Å². The number of likely N-dealkylation sites (N-methyl/N-ethyl adjacent to an activating group) is 1. The fraction of sp³-hybridized carbons (Fsp3) is 0.500. The highest BCUT2D eigenvalue weighted by atomic mass is 32.1. The van der Waals surface area contributed by atoms with Crippen molar-refractivity contribution in [3.05, 3.63) is 52.8 Å². The second-order valence-corrected chi connectivity index (χ2v) is 9.62. The molecule has 0 fully saturated rings. The molecule has 0 aliphatic rings. The lowest BCUT2D eigenvalue weighted by atomic mass is 10.1. The summed E-state index contributed by atoms with van der Waals surface area (Å²) in [5.74, 6) is 0.113. The molecule has 2 aromatic heterocycles. The summed E-state index contributed by atoms with van der Waals surface area (Å²) in [5, 5.41) is 13.3. The SMILES string of the molecule is CCN(CCOC)C(=O)OCc1csc2nnc([C@@H](COCc3ccccc3)NC(=O)C(C)(C)N)n12. The van der Waals surface area contributed by atoms with Crippen LogP contribution >= 0.6 is 11.3 Å². The van der Waals surface area contributed by atoms with Crippen molar-refractivity contribution in [2.24, 2.45) is 5.73 Å². The Balaban J connectivity index is 1.78. The van der Waals surface area contributed by atoms with E-state index in [0.717, 1.165) is 5.56 Å². The molecule has 36 heavy (non-hydrogen) atoms. The monoisotopic (exact) mass is 518 g/mol. The van der Waals surface area contributed by atoms with Gasteiger partial charge in [0.25, 0.3) is 0 Å². The van der Waals surface area contributed by atoms with Crippen molar-refractivity contribution in [1.29, 1.82) is 0 Å². The van der Waals surface area contributed by atoms with E-state index in [2.05, 4.69) is 15.5 Å². The number of amides is 2. The number of benzene rings is 1. The molecule has 0 aliphatic heterocycles. The van der Waals surface area contributed by atoms with E-state index >= 15 is 0 Å². The Morgan fingerprint density at radius 2 is 1.97 bits per heavy atom. The lowest BCUT2D eigenvalue weighted by Crippen LogP contribution is -2.51. The maximum absolute atomic E-state index is 12.7. The molecule has 0 unspecified atom stereocenters. The molecule has 0 radical (unpaired) electrons. The number of aromatic nitrogens is 3. The number of ether oxygens (including phenoxy) is 3. The number of hydrogen-bond acceptors (Lipinski definition) is 9. The summed E-state index contributed by atoms with van der Waals surface area (Å²) in [7, 11) is 1.58. The molecule has 0 saturated carbocycles. The number of rotatable bonds is 13. The third-order valence-corrected chi connectivity index (χ3v) is 6.26. The first-order valence-corrected chi connectivity index (χ1v) is 12.6. The first kappa shape index (κ1) is 27.5. The first-order chi connectivity index (χ1) is 17.2. The summed E-state index contributed by atoms with van der Waals surface area (Å²) in [6.45, 7) is 7.01. The number of nitrogens with zero attached hydrogens (tertiary/aromatic N) is 4. The van der Waals surface area contributed by atoms with E-state index in [1.807, 2.05) is 42.6 Å². The minimum absolute atomic E-state index is 0.0152. The van der Waals surface area contributed by atoms with E-state index in [4.69, 9.17) is 19.9 Å². The van der Waals surface area contributed by atoms with Crippen LogP contribution in [0, 0.1) is 0 Å². The van der Waals surface area contributed by atoms with Crippen molar-refractivity contribution >= 4 is 28.3 Å². The molecule has 11 nitrogen and oxygen atoms in total. The summed E-state index contributed by atoms with van der Waals surface area (Å²) in [4.78, 5) is 27.4. The smallest absolute Gasteiger partial charge is 0.410 e. The number of thiazole rings is 1. The second kappa shape index (κ2) is 12.8. The van der Waals surface area contributed by atoms with E-state index in [-0.39, 0.29) is 19.1 Å². The fourth-order valence-electron chi connectivity index (χ4n) is 3.33. The first-order valence-electron chi connectivity index (χ1n) is 11.7. The molecule has 12 heteroatoms. The Bertz CT molecular complexity index is 1130. The molecule has 2 amide bonds. The molecular formula is C24H34N6O5S. The van der Waals surface area contributed by atoms with Crippen molar-refractivity contribution in [3.8, 4) is 0 Å². The van der Waals surface area contributed by atoms with Crippen molar-refractivity contribution in [2.45, 2.75) is 45.6 Å². The van der Waals surface area contributed by atoms with E-state index in [1.54, 1.807) is 30.3 Å². The standard InChI is InChI=1S/C24H34N6O5S/c1-5-29(11-12-33-4)23(32)35-14-18-16-36-22-28-27-20(30(18)22)19(26-21(31)24(2,3)25)15-34-13-17-9-7-6-8-10-17/h6-10,16,19H,5,11-15,25H2,1-4H3,(H,26,31)/t19-/m1/s1. The zero-order valence-electron chi connectivity index (χ0n) is 21.1. The molecule has 0 saturated heterocycles. The normalized spacial score (nSPS) is 12.5. The topological polar surface area (TPSA) is 133 Å². The molecule has 3 rings (SSSR count). The van der Waals surface area contributed by atoms with Gasteiger partial charge < -0.3 is 30.2 Å². The highest BCUT2D eigenvalue weighted by Crippen LogP contribution is 2.22. The third-order valence-electron chi connectivity index (χ3n) is 5.39. The third kappa shape index (κ3) is 7.23. The minimum atomic E-state index is -1.10. The summed E-state index contributed by atoms with van der Waals surface area (Å²) >= 11 is 1.36. The number of fused-ring (bicyclic) bond motifs is 1. The molecule has 2 heterocycles. The van der Waals surface area contributed by atoms with Gasteiger partial charge in [-0.3, -0.25) is 9.20 Å². The van der Waals surface area contributed by atoms with Crippen molar-refractivity contribution < 1.29 is 23.8 Å². The fourth-order valence-corrected chi connectivity index (χ4v) is 4.15. The Kier molecular flexibility index (Phi) is 9.76. The van der Waals surface area contributed by atoms with Crippen LogP contribution in [0.5, 0.6) is 0 Å². The van der Waals surface area contributed by atoms with Gasteiger partial charge in [-0.05, 0) is 26.3 Å². The summed E-state index contributed by atoms with van der Waals surface area (Å²) < 4.78 is 18.3. The van der Waals surface area contributed by atoms with E-state index in [1.165, 1.54) is 11.3 Å². The van der Waals surface area contributed by atoms with Gasteiger partial charge in [0.2, 0.25) is 10.9 Å². The van der Waals surface area contributed by atoms with Gasteiger partial charge in [0.15, 0.2) is 5.82 Å². The zero-order chi connectivity index (χ0) is 26.1. The summed E-state index contributed by atoms with van der Waals surface area (Å²) in [5.41, 5.74) is 6.60. The average molecular weight is 519 g/mol. The van der Waals surface area contributed by atoms with Gasteiger partial charge in [-0.2, -0.15) is 0 Å². The van der Waals surface area contributed by atoms with Gasteiger partial charge in [-0.25, -0.2) is 4.79 Å². The molecular weight excluding hydrogens is 484 g/mol. The van der Waals surface area contributed by atoms with Crippen LogP contribution in [0.4, 0.5) is 4.79 Å². The molecule has 3 N–H and O–H groups in total. The Morgan fingerprint density at radius 3 is 2.64 bits per heavy atom. The summed E-state index contributed by atoms with van der Waals surface area (Å²) in [6, 6.07) is 9.10. The van der Waals surface area contributed by atoms with Crippen LogP contribution in [0.2, 0.25) is 0 Å². The molecule has 3 aromatic rings. The summed E-state index contributed by atoms with van der Waals surface area (Å²) in [6.07, 6.45) is -0.440. The zero-order valence-corrected chi connectivity index (χ0v) is 21.9. The molecule has 0 aliphatic carbocycles. The highest BCUT2D eigenvalue weighted by Gasteiger charge is 2.29. The van der Waals surface area contributed by atoms with Gasteiger partial charge in [0.05, 0.1) is 31.1 Å². The number of nitrogens with one attached hydrogen (secondary N) is 1. The van der Waals surface area contributed by atoms with Crippen LogP contribution in [0.1, 0.15) is 43.9 Å². The quantitative estimate of drug-likeness (QED) is 0.353. The number of carbonyl (C=O) groups is 2. The maximum atomic E-state index is 12.7. The van der Waals surface area contributed by atoms with Crippen molar-refractivity contribution in [1.82, 2.24) is 24.8 Å². The lowest BCUT2D eigenvalue weighted by Gasteiger charge is -2.23. The van der Waals surface area contributed by atoms with Crippen molar-refractivity contribution in [2.75, 3.05) is 33.4 Å².